The molecule has 3 nitrogen and oxygen atoms in total. The van der Waals surface area contributed by atoms with E-state index < -0.39 is 0 Å². The molecule has 0 aliphatic heterocycles. The fraction of sp³-hybridized carbons (Fsp3) is 0.0741. The number of carbonyl (C=O) groups excluding carboxylic acids is 1. The van der Waals surface area contributed by atoms with E-state index in [9.17, 15) is 4.79 Å². The Labute approximate surface area is 175 Å². The van der Waals surface area contributed by atoms with Gasteiger partial charge in [-0.1, -0.05) is 48.5 Å². The van der Waals surface area contributed by atoms with Crippen LogP contribution in [0.25, 0.3) is 22.8 Å². The number of Topliss-reactive ketones (excluding diaryl/α,β-unsaturated/α-hetero) is 1. The summed E-state index contributed by atoms with van der Waals surface area (Å²) >= 11 is 0. The smallest absolute Gasteiger partial charge is 0.194 e. The van der Waals surface area contributed by atoms with E-state index in [0.717, 1.165) is 50.5 Å². The van der Waals surface area contributed by atoms with Crippen LogP contribution in [0.3, 0.4) is 0 Å². The van der Waals surface area contributed by atoms with Gasteiger partial charge < -0.3 is 9.47 Å². The van der Waals surface area contributed by atoms with Crippen LogP contribution in [0.2, 0.25) is 0 Å². The number of ether oxygens (including phenoxy) is 2. The highest BCUT2D eigenvalue weighted by atomic mass is 16.5. The van der Waals surface area contributed by atoms with E-state index in [4.69, 9.17) is 9.47 Å². The third-order valence-corrected chi connectivity index (χ3v) is 5.65. The fourth-order valence-electron chi connectivity index (χ4n) is 4.11. The summed E-state index contributed by atoms with van der Waals surface area (Å²) in [4.78, 5) is 13.7. The first-order chi connectivity index (χ1) is 14.7. The quantitative estimate of drug-likeness (QED) is 0.573. The van der Waals surface area contributed by atoms with E-state index in [1.165, 1.54) is 0 Å². The normalized spacial score (nSPS) is 14.7. The minimum absolute atomic E-state index is 0.0414. The first kappa shape index (κ1) is 18.2. The minimum Gasteiger partial charge on any atom is -0.497 e. The Kier molecular flexibility index (Phi) is 4.36. The van der Waals surface area contributed by atoms with Crippen molar-refractivity contribution in [3.8, 4) is 11.5 Å². The predicted molar refractivity (Wildman–Crippen MR) is 120 cm³/mol. The molecule has 0 spiro atoms. The van der Waals surface area contributed by atoms with Crippen LogP contribution >= 0.6 is 0 Å². The van der Waals surface area contributed by atoms with E-state index >= 15 is 0 Å². The maximum atomic E-state index is 13.7. The average Bonchev–Trinajstić information content (AvgIpc) is 3.18. The summed E-state index contributed by atoms with van der Waals surface area (Å²) in [7, 11) is 3.29. The lowest BCUT2D eigenvalue weighted by molar-refractivity contribution is -0.110. The van der Waals surface area contributed by atoms with Gasteiger partial charge in [-0.2, -0.15) is 0 Å². The molecule has 3 aromatic carbocycles. The van der Waals surface area contributed by atoms with Crippen LogP contribution in [0, 0.1) is 0 Å². The second-order valence-electron chi connectivity index (χ2n) is 7.28. The number of rotatable bonds is 4. The highest BCUT2D eigenvalue weighted by Gasteiger charge is 2.32. The zero-order valence-corrected chi connectivity index (χ0v) is 16.8. The highest BCUT2D eigenvalue weighted by molar-refractivity contribution is 6.44. The van der Waals surface area contributed by atoms with Crippen molar-refractivity contribution >= 4 is 28.6 Å². The van der Waals surface area contributed by atoms with E-state index in [1.54, 1.807) is 14.2 Å². The molecule has 0 bridgehead atoms. The number of ketones is 1. The number of fused-ring (bicyclic) bond motifs is 3. The molecule has 2 aliphatic carbocycles. The molecule has 0 N–H and O–H groups in total. The van der Waals surface area contributed by atoms with Gasteiger partial charge in [0.1, 0.15) is 11.5 Å². The Morgan fingerprint density at radius 2 is 1.23 bits per heavy atom. The first-order valence-electron chi connectivity index (χ1n) is 9.80. The van der Waals surface area contributed by atoms with Gasteiger partial charge in [0.2, 0.25) is 0 Å². The SMILES string of the molecule is COc1ccc(C2=C(c3ccc(OC)cc3)C(=O)C3=Cc4ccccc4C3=C2)cc1. The Balaban J connectivity index is 1.74. The number of carbonyl (C=O) groups is 1. The summed E-state index contributed by atoms with van der Waals surface area (Å²) in [5.74, 6) is 1.59. The van der Waals surface area contributed by atoms with Crippen molar-refractivity contribution in [2.75, 3.05) is 14.2 Å². The van der Waals surface area contributed by atoms with Crippen LogP contribution < -0.4 is 9.47 Å². The summed E-state index contributed by atoms with van der Waals surface area (Å²) in [6.07, 6.45) is 4.14. The lowest BCUT2D eigenvalue weighted by atomic mass is 9.81. The zero-order chi connectivity index (χ0) is 20.7. The van der Waals surface area contributed by atoms with Crippen LogP contribution in [-0.2, 0) is 4.79 Å². The molecule has 2 aliphatic rings. The van der Waals surface area contributed by atoms with Crippen LogP contribution in [-0.4, -0.2) is 20.0 Å². The Morgan fingerprint density at radius 3 is 1.87 bits per heavy atom. The molecule has 3 aromatic rings. The molecule has 0 saturated heterocycles. The molecule has 5 rings (SSSR count). The molecule has 0 fully saturated rings. The van der Waals surface area contributed by atoms with Crippen molar-refractivity contribution in [2.45, 2.75) is 0 Å². The largest absolute Gasteiger partial charge is 0.497 e. The summed E-state index contributed by atoms with van der Waals surface area (Å²) in [6.45, 7) is 0. The van der Waals surface area contributed by atoms with Crippen molar-refractivity contribution in [3.05, 3.63) is 107 Å². The van der Waals surface area contributed by atoms with E-state index in [0.29, 0.717) is 5.57 Å². The molecule has 0 atom stereocenters. The summed E-state index contributed by atoms with van der Waals surface area (Å²) in [6, 6.07) is 23.6. The van der Waals surface area contributed by atoms with Gasteiger partial charge in [-0.3, -0.25) is 4.79 Å². The second-order valence-corrected chi connectivity index (χ2v) is 7.28. The summed E-state index contributed by atoms with van der Waals surface area (Å²) < 4.78 is 10.6. The molecule has 0 unspecified atom stereocenters. The minimum atomic E-state index is 0.0414. The topological polar surface area (TPSA) is 35.5 Å². The van der Waals surface area contributed by atoms with Gasteiger partial charge in [0.25, 0.3) is 0 Å². The fourth-order valence-corrected chi connectivity index (χ4v) is 4.11. The molecule has 0 amide bonds. The van der Waals surface area contributed by atoms with Crippen molar-refractivity contribution < 1.29 is 14.3 Å². The van der Waals surface area contributed by atoms with E-state index in [2.05, 4.69) is 18.2 Å². The molecule has 3 heteroatoms. The molecule has 30 heavy (non-hydrogen) atoms. The number of methoxy groups -OCH3 is 2. The van der Waals surface area contributed by atoms with Gasteiger partial charge in [0.05, 0.1) is 14.2 Å². The lowest BCUT2D eigenvalue weighted by Gasteiger charge is -2.21. The van der Waals surface area contributed by atoms with Gasteiger partial charge in [0, 0.05) is 11.1 Å². The number of hydrogen-bond acceptors (Lipinski definition) is 3. The Morgan fingerprint density at radius 1 is 0.633 bits per heavy atom. The van der Waals surface area contributed by atoms with Gasteiger partial charge in [-0.25, -0.2) is 0 Å². The first-order valence-corrected chi connectivity index (χ1v) is 9.80. The average molecular weight is 392 g/mol. The van der Waals surface area contributed by atoms with E-state index in [1.807, 2.05) is 66.7 Å². The van der Waals surface area contributed by atoms with Crippen molar-refractivity contribution in [2.24, 2.45) is 0 Å². The molecule has 0 saturated carbocycles. The molecular weight excluding hydrogens is 372 g/mol. The molecule has 0 aromatic heterocycles. The zero-order valence-electron chi connectivity index (χ0n) is 16.8. The van der Waals surface area contributed by atoms with Crippen molar-refractivity contribution in [1.29, 1.82) is 0 Å². The monoisotopic (exact) mass is 392 g/mol. The maximum absolute atomic E-state index is 13.7. The van der Waals surface area contributed by atoms with Crippen molar-refractivity contribution in [3.63, 3.8) is 0 Å². The van der Waals surface area contributed by atoms with Crippen LogP contribution in [0.1, 0.15) is 22.3 Å². The van der Waals surface area contributed by atoms with Gasteiger partial charge in [0.15, 0.2) is 5.78 Å². The van der Waals surface area contributed by atoms with Crippen molar-refractivity contribution in [1.82, 2.24) is 0 Å². The molecular formula is C27H20O3. The van der Waals surface area contributed by atoms with Gasteiger partial charge >= 0.3 is 0 Å². The van der Waals surface area contributed by atoms with Crippen LogP contribution in [0.5, 0.6) is 11.5 Å². The Bertz CT molecular complexity index is 1240. The molecule has 0 radical (unpaired) electrons. The number of allylic oxidation sites excluding steroid dienone is 5. The second kappa shape index (κ2) is 7.20. The van der Waals surface area contributed by atoms with Gasteiger partial charge in [-0.15, -0.1) is 0 Å². The van der Waals surface area contributed by atoms with Crippen LogP contribution in [0.15, 0.2) is 84.4 Å². The van der Waals surface area contributed by atoms with Crippen LogP contribution in [0.4, 0.5) is 0 Å². The van der Waals surface area contributed by atoms with E-state index in [-0.39, 0.29) is 5.78 Å². The lowest BCUT2D eigenvalue weighted by Crippen LogP contribution is -2.12. The third kappa shape index (κ3) is 2.87. The number of hydrogen-bond donors (Lipinski definition) is 0. The summed E-state index contributed by atoms with van der Waals surface area (Å²) in [5, 5.41) is 0. The molecule has 0 heterocycles. The Hall–Kier alpha value is -3.85. The number of benzene rings is 3. The standard InChI is InChI=1S/C27H20O3/c1-29-20-11-7-17(8-12-20)23-16-24-22-6-4-3-5-19(22)15-25(24)27(28)26(23)18-9-13-21(30-2)14-10-18/h3-16H,1-2H3. The highest BCUT2D eigenvalue weighted by Crippen LogP contribution is 2.46. The molecule has 146 valence electrons. The maximum Gasteiger partial charge on any atom is 0.194 e. The summed E-state index contributed by atoms with van der Waals surface area (Å²) in [5.41, 5.74) is 7.38. The van der Waals surface area contributed by atoms with Gasteiger partial charge in [-0.05, 0) is 69.8 Å². The predicted octanol–water partition coefficient (Wildman–Crippen LogP) is 5.68. The third-order valence-electron chi connectivity index (χ3n) is 5.65.